The number of ketones is 1. The molecule has 1 unspecified atom stereocenters. The second-order valence-electron chi connectivity index (χ2n) is 2.62. The van der Waals surface area contributed by atoms with Gasteiger partial charge in [0.2, 0.25) is 0 Å². The van der Waals surface area contributed by atoms with Gasteiger partial charge in [-0.2, -0.15) is 0 Å². The minimum absolute atomic E-state index is 0.0567. The minimum Gasteiger partial charge on any atom is -0.298 e. The summed E-state index contributed by atoms with van der Waals surface area (Å²) in [5, 5.41) is 2.08. The van der Waals surface area contributed by atoms with E-state index in [0.29, 0.717) is 11.5 Å². The predicted octanol–water partition coefficient (Wildman–Crippen LogP) is 1.93. The molecule has 2 aliphatic rings. The fourth-order valence-electron chi connectivity index (χ4n) is 1.27. The van der Waals surface area contributed by atoms with E-state index >= 15 is 0 Å². The molecule has 1 aliphatic carbocycles. The molecule has 1 atom stereocenters. The van der Waals surface area contributed by atoms with Crippen molar-refractivity contribution in [2.24, 2.45) is 5.92 Å². The Kier molecular flexibility index (Phi) is 1.70. The van der Waals surface area contributed by atoms with E-state index in [1.165, 1.54) is 0 Å². The molecular formula is C9H8OS. The Hall–Kier alpha value is -0.760. The number of thioether (sulfide) groups is 1. The number of fused-ring (bicyclic) bond motifs is 1. The smallest absolute Gasteiger partial charge is 0.154 e. The van der Waals surface area contributed by atoms with Crippen LogP contribution in [0.4, 0.5) is 0 Å². The van der Waals surface area contributed by atoms with Gasteiger partial charge in [0.25, 0.3) is 0 Å². The number of carbonyl (C=O) groups is 1. The molecule has 56 valence electrons. The van der Waals surface area contributed by atoms with E-state index < -0.39 is 0 Å². The number of hydrogen-bond donors (Lipinski definition) is 0. The van der Waals surface area contributed by atoms with Crippen LogP contribution in [-0.2, 0) is 4.79 Å². The fraction of sp³-hybridized carbons (Fsp3) is 0.222. The van der Waals surface area contributed by atoms with Crippen LogP contribution in [0.5, 0.6) is 0 Å². The third-order valence-corrected chi connectivity index (χ3v) is 2.74. The normalized spacial score (nSPS) is 28.2. The second-order valence-corrected chi connectivity index (χ2v) is 3.47. The standard InChI is InChI=1S/C9H8OS/c10-9-6-11-5-7-3-1-2-4-8(7)9/h1-5,8H,6H2. The van der Waals surface area contributed by atoms with Crippen molar-refractivity contribution in [1.29, 1.82) is 0 Å². The van der Waals surface area contributed by atoms with Gasteiger partial charge in [0.1, 0.15) is 0 Å². The number of rotatable bonds is 0. The molecule has 2 rings (SSSR count). The zero-order valence-electron chi connectivity index (χ0n) is 5.99. The molecular weight excluding hydrogens is 156 g/mol. The van der Waals surface area contributed by atoms with Crippen molar-refractivity contribution < 1.29 is 4.79 Å². The quantitative estimate of drug-likeness (QED) is 0.544. The molecule has 0 saturated carbocycles. The molecule has 0 aromatic heterocycles. The third-order valence-electron chi connectivity index (χ3n) is 1.85. The lowest BCUT2D eigenvalue weighted by molar-refractivity contribution is -0.118. The van der Waals surface area contributed by atoms with Crippen LogP contribution in [0, 0.1) is 5.92 Å². The van der Waals surface area contributed by atoms with Crippen LogP contribution in [0.15, 0.2) is 35.3 Å². The van der Waals surface area contributed by atoms with Gasteiger partial charge in [-0.3, -0.25) is 4.79 Å². The van der Waals surface area contributed by atoms with Crippen LogP contribution >= 0.6 is 11.8 Å². The Morgan fingerprint density at radius 3 is 3.18 bits per heavy atom. The van der Waals surface area contributed by atoms with Crippen LogP contribution in [0.25, 0.3) is 0 Å². The molecule has 1 aliphatic heterocycles. The highest BCUT2D eigenvalue weighted by Gasteiger charge is 2.22. The molecule has 0 fully saturated rings. The zero-order chi connectivity index (χ0) is 7.68. The molecule has 0 amide bonds. The van der Waals surface area contributed by atoms with E-state index in [1.54, 1.807) is 11.8 Å². The number of hydrogen-bond acceptors (Lipinski definition) is 2. The van der Waals surface area contributed by atoms with Crippen molar-refractivity contribution in [2.45, 2.75) is 0 Å². The lowest BCUT2D eigenvalue weighted by atomic mass is 9.92. The molecule has 0 saturated heterocycles. The summed E-state index contributed by atoms with van der Waals surface area (Å²) in [5.41, 5.74) is 1.15. The van der Waals surface area contributed by atoms with Crippen LogP contribution in [0.1, 0.15) is 0 Å². The Bertz CT molecular complexity index is 273. The van der Waals surface area contributed by atoms with Crippen LogP contribution in [0.3, 0.4) is 0 Å². The Balaban J connectivity index is 2.36. The highest BCUT2D eigenvalue weighted by atomic mass is 32.2. The number of allylic oxidation sites excluding steroid dienone is 5. The van der Waals surface area contributed by atoms with Crippen molar-refractivity contribution in [3.05, 3.63) is 35.3 Å². The van der Waals surface area contributed by atoms with Gasteiger partial charge in [0.15, 0.2) is 5.78 Å². The summed E-state index contributed by atoms with van der Waals surface area (Å²) in [5.74, 6) is 1.01. The maximum Gasteiger partial charge on any atom is 0.154 e. The molecule has 0 aromatic carbocycles. The van der Waals surface area contributed by atoms with Gasteiger partial charge < -0.3 is 0 Å². The molecule has 1 nitrogen and oxygen atoms in total. The minimum atomic E-state index is 0.0567. The monoisotopic (exact) mass is 164 g/mol. The van der Waals surface area contributed by atoms with Crippen LogP contribution < -0.4 is 0 Å². The average Bonchev–Trinajstić information content (AvgIpc) is 2.06. The molecule has 0 N–H and O–H groups in total. The summed E-state index contributed by atoms with van der Waals surface area (Å²) in [6, 6.07) is 0. The van der Waals surface area contributed by atoms with Crippen molar-refractivity contribution in [3.8, 4) is 0 Å². The molecule has 0 bridgehead atoms. The summed E-state index contributed by atoms with van der Waals surface area (Å²) in [6.45, 7) is 0. The SMILES string of the molecule is O=C1CSC=C2C=CC=CC12. The summed E-state index contributed by atoms with van der Waals surface area (Å²) >= 11 is 1.59. The van der Waals surface area contributed by atoms with Gasteiger partial charge in [-0.05, 0) is 11.0 Å². The van der Waals surface area contributed by atoms with Crippen molar-refractivity contribution in [2.75, 3.05) is 5.75 Å². The van der Waals surface area contributed by atoms with Gasteiger partial charge >= 0.3 is 0 Å². The van der Waals surface area contributed by atoms with E-state index in [4.69, 9.17) is 0 Å². The first-order valence-corrected chi connectivity index (χ1v) is 4.62. The molecule has 11 heavy (non-hydrogen) atoms. The summed E-state index contributed by atoms with van der Waals surface area (Å²) < 4.78 is 0. The van der Waals surface area contributed by atoms with Gasteiger partial charge in [-0.15, -0.1) is 11.8 Å². The van der Waals surface area contributed by atoms with Crippen molar-refractivity contribution in [3.63, 3.8) is 0 Å². The summed E-state index contributed by atoms with van der Waals surface area (Å²) in [6.07, 6.45) is 7.89. The summed E-state index contributed by atoms with van der Waals surface area (Å²) in [7, 11) is 0. The molecule has 0 radical (unpaired) electrons. The lowest BCUT2D eigenvalue weighted by Crippen LogP contribution is -2.19. The van der Waals surface area contributed by atoms with E-state index in [9.17, 15) is 4.79 Å². The second kappa shape index (κ2) is 2.70. The highest BCUT2D eigenvalue weighted by Crippen LogP contribution is 2.28. The van der Waals surface area contributed by atoms with E-state index in [-0.39, 0.29) is 5.92 Å². The van der Waals surface area contributed by atoms with Gasteiger partial charge in [-0.25, -0.2) is 0 Å². The lowest BCUT2D eigenvalue weighted by Gasteiger charge is -2.18. The zero-order valence-corrected chi connectivity index (χ0v) is 6.80. The van der Waals surface area contributed by atoms with Crippen LogP contribution in [0.2, 0.25) is 0 Å². The number of carbonyl (C=O) groups excluding carboxylic acids is 1. The Morgan fingerprint density at radius 1 is 1.45 bits per heavy atom. The van der Waals surface area contributed by atoms with Crippen molar-refractivity contribution in [1.82, 2.24) is 0 Å². The van der Waals surface area contributed by atoms with Gasteiger partial charge in [0.05, 0.1) is 11.7 Å². The average molecular weight is 164 g/mol. The van der Waals surface area contributed by atoms with Crippen molar-refractivity contribution >= 4 is 17.5 Å². The van der Waals surface area contributed by atoms with Gasteiger partial charge in [0, 0.05) is 0 Å². The maximum atomic E-state index is 11.3. The molecule has 1 heterocycles. The molecule has 0 spiro atoms. The third kappa shape index (κ3) is 1.18. The first-order chi connectivity index (χ1) is 5.38. The number of Topliss-reactive ketones (excluding diaryl/α,β-unsaturated/α-hetero) is 1. The maximum absolute atomic E-state index is 11.3. The fourth-order valence-corrected chi connectivity index (χ4v) is 2.12. The van der Waals surface area contributed by atoms with E-state index in [0.717, 1.165) is 5.57 Å². The molecule has 2 heteroatoms. The largest absolute Gasteiger partial charge is 0.298 e. The first kappa shape index (κ1) is 6.92. The molecule has 0 aromatic rings. The van der Waals surface area contributed by atoms with Gasteiger partial charge in [-0.1, -0.05) is 24.3 Å². The Labute approximate surface area is 69.9 Å². The topological polar surface area (TPSA) is 17.1 Å². The highest BCUT2D eigenvalue weighted by molar-refractivity contribution is 8.02. The van der Waals surface area contributed by atoms with E-state index in [2.05, 4.69) is 5.41 Å². The Morgan fingerprint density at radius 2 is 2.36 bits per heavy atom. The first-order valence-electron chi connectivity index (χ1n) is 3.57. The predicted molar refractivity (Wildman–Crippen MR) is 47.3 cm³/mol. The van der Waals surface area contributed by atoms with Crippen LogP contribution in [-0.4, -0.2) is 11.5 Å². The van der Waals surface area contributed by atoms with E-state index in [1.807, 2.05) is 24.3 Å². The summed E-state index contributed by atoms with van der Waals surface area (Å²) in [4.78, 5) is 11.3.